The number of nitrogens with zero attached hydrogens (tertiary/aromatic N) is 2. The molecule has 4 rings (SSSR count). The molecule has 1 atom stereocenters. The zero-order chi connectivity index (χ0) is 17.9. The molecule has 8 heteroatoms. The van der Waals surface area contributed by atoms with Crippen molar-refractivity contribution in [2.45, 2.75) is 12.8 Å². The van der Waals surface area contributed by atoms with Gasteiger partial charge in [-0.05, 0) is 68.2 Å². The SMILES string of the molecule is Cl.Cl.O=C(NCC1CCCNC1)c1ccc2nc(-c3ccc(F)cc3)cn2c1. The Morgan fingerprint density at radius 1 is 1.18 bits per heavy atom. The molecular formula is C20H23Cl2FN4O. The summed E-state index contributed by atoms with van der Waals surface area (Å²) in [5, 5.41) is 6.38. The largest absolute Gasteiger partial charge is 0.352 e. The molecule has 1 aliphatic heterocycles. The van der Waals surface area contributed by atoms with E-state index in [2.05, 4.69) is 15.6 Å². The minimum absolute atomic E-state index is 0. The molecule has 5 nitrogen and oxygen atoms in total. The van der Waals surface area contributed by atoms with Crippen LogP contribution in [0, 0.1) is 11.7 Å². The number of carbonyl (C=O) groups excluding carboxylic acids is 1. The molecule has 28 heavy (non-hydrogen) atoms. The summed E-state index contributed by atoms with van der Waals surface area (Å²) >= 11 is 0. The second-order valence-corrected chi connectivity index (χ2v) is 6.74. The number of carbonyl (C=O) groups is 1. The highest BCUT2D eigenvalue weighted by atomic mass is 35.5. The molecule has 1 aliphatic rings. The van der Waals surface area contributed by atoms with Crippen LogP contribution in [-0.4, -0.2) is 34.9 Å². The maximum atomic E-state index is 13.1. The van der Waals surface area contributed by atoms with Crippen LogP contribution in [0.3, 0.4) is 0 Å². The van der Waals surface area contributed by atoms with Gasteiger partial charge in [0.2, 0.25) is 0 Å². The normalized spacial score (nSPS) is 16.1. The zero-order valence-corrected chi connectivity index (χ0v) is 16.9. The summed E-state index contributed by atoms with van der Waals surface area (Å²) in [6, 6.07) is 9.83. The van der Waals surface area contributed by atoms with Gasteiger partial charge in [0, 0.05) is 24.5 Å². The second-order valence-electron chi connectivity index (χ2n) is 6.74. The Hall–Kier alpha value is -2.15. The first-order valence-electron chi connectivity index (χ1n) is 8.93. The summed E-state index contributed by atoms with van der Waals surface area (Å²) in [4.78, 5) is 17.0. The van der Waals surface area contributed by atoms with Gasteiger partial charge in [0.15, 0.2) is 0 Å². The van der Waals surface area contributed by atoms with Crippen LogP contribution in [0.2, 0.25) is 0 Å². The number of amides is 1. The van der Waals surface area contributed by atoms with Gasteiger partial charge in [-0.2, -0.15) is 0 Å². The van der Waals surface area contributed by atoms with Gasteiger partial charge in [-0.15, -0.1) is 24.8 Å². The third-order valence-corrected chi connectivity index (χ3v) is 4.80. The average molecular weight is 425 g/mol. The number of nitrogens with one attached hydrogen (secondary N) is 2. The van der Waals surface area contributed by atoms with Gasteiger partial charge >= 0.3 is 0 Å². The Morgan fingerprint density at radius 2 is 1.96 bits per heavy atom. The van der Waals surface area contributed by atoms with E-state index >= 15 is 0 Å². The van der Waals surface area contributed by atoms with Gasteiger partial charge in [-0.3, -0.25) is 4.79 Å². The fourth-order valence-corrected chi connectivity index (χ4v) is 3.32. The van der Waals surface area contributed by atoms with Crippen molar-refractivity contribution in [2.75, 3.05) is 19.6 Å². The van der Waals surface area contributed by atoms with E-state index in [-0.39, 0.29) is 36.5 Å². The summed E-state index contributed by atoms with van der Waals surface area (Å²) in [6.45, 7) is 2.72. The Labute approximate surface area is 175 Å². The highest BCUT2D eigenvalue weighted by Gasteiger charge is 2.15. The van der Waals surface area contributed by atoms with Gasteiger partial charge in [-0.1, -0.05) is 0 Å². The molecule has 0 saturated carbocycles. The maximum Gasteiger partial charge on any atom is 0.252 e. The van der Waals surface area contributed by atoms with Gasteiger partial charge in [-0.25, -0.2) is 9.37 Å². The smallest absolute Gasteiger partial charge is 0.252 e. The number of fused-ring (bicyclic) bond motifs is 1. The number of pyridine rings is 1. The molecule has 3 heterocycles. The van der Waals surface area contributed by atoms with E-state index in [1.165, 1.54) is 12.1 Å². The summed E-state index contributed by atoms with van der Waals surface area (Å²) < 4.78 is 14.9. The zero-order valence-electron chi connectivity index (χ0n) is 15.2. The van der Waals surface area contributed by atoms with Crippen LogP contribution in [0.25, 0.3) is 16.9 Å². The lowest BCUT2D eigenvalue weighted by Gasteiger charge is -2.22. The predicted octanol–water partition coefficient (Wildman–Crippen LogP) is 3.71. The number of hydrogen-bond acceptors (Lipinski definition) is 3. The monoisotopic (exact) mass is 424 g/mol. The van der Waals surface area contributed by atoms with Gasteiger partial charge < -0.3 is 15.0 Å². The molecular weight excluding hydrogens is 402 g/mol. The molecule has 0 radical (unpaired) electrons. The number of imidazole rings is 1. The molecule has 0 bridgehead atoms. The fraction of sp³-hybridized carbons (Fsp3) is 0.300. The van der Waals surface area contributed by atoms with Crippen molar-refractivity contribution < 1.29 is 9.18 Å². The van der Waals surface area contributed by atoms with Crippen molar-refractivity contribution in [1.29, 1.82) is 0 Å². The van der Waals surface area contributed by atoms with Gasteiger partial charge in [0.05, 0.1) is 11.3 Å². The quantitative estimate of drug-likeness (QED) is 0.670. The topological polar surface area (TPSA) is 58.4 Å². The third-order valence-electron chi connectivity index (χ3n) is 4.80. The van der Waals surface area contributed by atoms with E-state index < -0.39 is 0 Å². The van der Waals surface area contributed by atoms with Crippen LogP contribution < -0.4 is 10.6 Å². The molecule has 3 aromatic rings. The Balaban J connectivity index is 0.00000140. The molecule has 1 amide bonds. The molecule has 1 saturated heterocycles. The lowest BCUT2D eigenvalue weighted by atomic mass is 10.00. The molecule has 2 N–H and O–H groups in total. The first kappa shape index (κ1) is 22.1. The molecule has 150 valence electrons. The summed E-state index contributed by atoms with van der Waals surface area (Å²) in [5.41, 5.74) is 2.93. The highest BCUT2D eigenvalue weighted by molar-refractivity contribution is 5.94. The Bertz CT molecular complexity index is 924. The lowest BCUT2D eigenvalue weighted by molar-refractivity contribution is 0.0944. The van der Waals surface area contributed by atoms with Crippen LogP contribution >= 0.6 is 24.8 Å². The van der Waals surface area contributed by atoms with Crippen molar-refractivity contribution in [1.82, 2.24) is 20.0 Å². The van der Waals surface area contributed by atoms with Crippen LogP contribution in [0.5, 0.6) is 0 Å². The van der Waals surface area contributed by atoms with Crippen molar-refractivity contribution in [2.24, 2.45) is 5.92 Å². The van der Waals surface area contributed by atoms with Crippen LogP contribution in [0.15, 0.2) is 48.8 Å². The lowest BCUT2D eigenvalue weighted by Crippen LogP contribution is -2.38. The molecule has 1 unspecified atom stereocenters. The minimum Gasteiger partial charge on any atom is -0.352 e. The fourth-order valence-electron chi connectivity index (χ4n) is 3.32. The number of hydrogen-bond donors (Lipinski definition) is 2. The number of aromatic nitrogens is 2. The average Bonchev–Trinajstić information content (AvgIpc) is 3.10. The first-order chi connectivity index (χ1) is 12.7. The third kappa shape index (κ3) is 5.01. The highest BCUT2D eigenvalue weighted by Crippen LogP contribution is 2.20. The van der Waals surface area contributed by atoms with Crippen molar-refractivity contribution in [3.05, 3.63) is 60.2 Å². The van der Waals surface area contributed by atoms with Crippen molar-refractivity contribution in [3.8, 4) is 11.3 Å². The summed E-state index contributed by atoms with van der Waals surface area (Å²) in [7, 11) is 0. The van der Waals surface area contributed by atoms with Gasteiger partial charge in [0.25, 0.3) is 5.91 Å². The van der Waals surface area contributed by atoms with Crippen molar-refractivity contribution in [3.63, 3.8) is 0 Å². The summed E-state index contributed by atoms with van der Waals surface area (Å²) in [5.74, 6) is 0.147. The van der Waals surface area contributed by atoms with Crippen LogP contribution in [-0.2, 0) is 0 Å². The van der Waals surface area contributed by atoms with Crippen LogP contribution in [0.4, 0.5) is 4.39 Å². The van der Waals surface area contributed by atoms with Gasteiger partial charge in [0.1, 0.15) is 11.5 Å². The molecule has 1 aromatic carbocycles. The summed E-state index contributed by atoms with van der Waals surface area (Å²) in [6.07, 6.45) is 5.94. The number of piperidine rings is 1. The first-order valence-corrected chi connectivity index (χ1v) is 8.93. The van der Waals surface area contributed by atoms with E-state index in [9.17, 15) is 9.18 Å². The molecule has 1 fully saturated rings. The van der Waals surface area contributed by atoms with E-state index in [4.69, 9.17) is 0 Å². The molecule has 0 spiro atoms. The van der Waals surface area contributed by atoms with E-state index in [1.807, 2.05) is 16.7 Å². The molecule has 2 aromatic heterocycles. The number of benzene rings is 1. The number of rotatable bonds is 4. The Kier molecular flexibility index (Phi) is 7.80. The molecule has 0 aliphatic carbocycles. The Morgan fingerprint density at radius 3 is 2.68 bits per heavy atom. The van der Waals surface area contributed by atoms with E-state index in [1.54, 1.807) is 24.4 Å². The minimum atomic E-state index is -0.273. The van der Waals surface area contributed by atoms with Crippen LogP contribution in [0.1, 0.15) is 23.2 Å². The van der Waals surface area contributed by atoms with E-state index in [0.717, 1.165) is 42.8 Å². The standard InChI is InChI=1S/C20H21FN4O.2ClH/c21-17-6-3-15(4-7-17)18-13-25-12-16(5-8-19(25)24-18)20(26)23-11-14-2-1-9-22-10-14;;/h3-8,12-14,22H,1-2,9-11H2,(H,23,26);2*1H. The van der Waals surface area contributed by atoms with E-state index in [0.29, 0.717) is 18.0 Å². The maximum absolute atomic E-state index is 13.1. The predicted molar refractivity (Wildman–Crippen MR) is 113 cm³/mol. The van der Waals surface area contributed by atoms with Crippen molar-refractivity contribution >= 4 is 36.4 Å². The second kappa shape index (κ2) is 9.87. The number of halogens is 3.